The predicted molar refractivity (Wildman–Crippen MR) is 85.3 cm³/mol. The highest BCUT2D eigenvalue weighted by Gasteiger charge is 2.04. The van der Waals surface area contributed by atoms with E-state index in [1.54, 1.807) is 0 Å². The van der Waals surface area contributed by atoms with Gasteiger partial charge in [-0.25, -0.2) is 0 Å². The Morgan fingerprint density at radius 1 is 1.00 bits per heavy atom. The van der Waals surface area contributed by atoms with Crippen LogP contribution in [0.15, 0.2) is 54.6 Å². The molecule has 0 aliphatic rings. The fraction of sp³-hybridized carbons (Fsp3) is 0.333. The van der Waals surface area contributed by atoms with Crippen molar-refractivity contribution in [3.63, 3.8) is 0 Å². The third kappa shape index (κ3) is 5.21. The molecule has 0 aromatic heterocycles. The minimum absolute atomic E-state index is 0.199. The molecule has 0 bridgehead atoms. The topological polar surface area (TPSA) is 32.7 Å². The molecule has 0 radical (unpaired) electrons. The van der Waals surface area contributed by atoms with Gasteiger partial charge in [-0.3, -0.25) is 4.90 Å². The lowest BCUT2D eigenvalue weighted by Gasteiger charge is -2.19. The van der Waals surface area contributed by atoms with Crippen LogP contribution in [0, 0.1) is 0 Å². The minimum atomic E-state index is 0.199. The van der Waals surface area contributed by atoms with Crippen LogP contribution < -0.4 is 4.74 Å². The number of likely N-dealkylation sites (N-methyl/N-ethyl adjacent to an activating group) is 1. The van der Waals surface area contributed by atoms with E-state index in [4.69, 9.17) is 9.84 Å². The Bertz CT molecular complexity index is 528. The molecular weight excluding hydrogens is 262 g/mol. The Balaban J connectivity index is 1.94. The van der Waals surface area contributed by atoms with Gasteiger partial charge >= 0.3 is 0 Å². The van der Waals surface area contributed by atoms with Crippen molar-refractivity contribution in [1.29, 1.82) is 0 Å². The van der Waals surface area contributed by atoms with Crippen molar-refractivity contribution in [2.24, 2.45) is 0 Å². The zero-order valence-corrected chi connectivity index (χ0v) is 12.5. The second kappa shape index (κ2) is 8.45. The zero-order chi connectivity index (χ0) is 14.9. The van der Waals surface area contributed by atoms with Crippen molar-refractivity contribution in [1.82, 2.24) is 4.90 Å². The van der Waals surface area contributed by atoms with Gasteiger partial charge in [0, 0.05) is 13.1 Å². The van der Waals surface area contributed by atoms with Crippen LogP contribution in [0.4, 0.5) is 0 Å². The average Bonchev–Trinajstić information content (AvgIpc) is 2.54. The summed E-state index contributed by atoms with van der Waals surface area (Å²) in [6.07, 6.45) is 0. The fourth-order valence-corrected chi connectivity index (χ4v) is 2.25. The summed E-state index contributed by atoms with van der Waals surface area (Å²) in [5.41, 5.74) is 2.41. The van der Waals surface area contributed by atoms with Crippen molar-refractivity contribution < 1.29 is 9.84 Å². The first-order chi connectivity index (χ1) is 10.3. The smallest absolute Gasteiger partial charge is 0.119 e. The van der Waals surface area contributed by atoms with Crippen LogP contribution in [-0.2, 0) is 13.2 Å². The molecule has 2 aromatic carbocycles. The van der Waals surface area contributed by atoms with Gasteiger partial charge in [0.1, 0.15) is 12.4 Å². The number of rotatable bonds is 8. The first-order valence-electron chi connectivity index (χ1n) is 7.40. The van der Waals surface area contributed by atoms with Crippen molar-refractivity contribution >= 4 is 0 Å². The van der Waals surface area contributed by atoms with E-state index in [-0.39, 0.29) is 6.61 Å². The number of aliphatic hydroxyl groups is 1. The normalized spacial score (nSPS) is 10.8. The van der Waals surface area contributed by atoms with Crippen LogP contribution >= 0.6 is 0 Å². The molecule has 0 fully saturated rings. The molecule has 3 nitrogen and oxygen atoms in total. The quantitative estimate of drug-likeness (QED) is 0.809. The van der Waals surface area contributed by atoms with Crippen LogP contribution in [0.3, 0.4) is 0 Å². The third-order valence-corrected chi connectivity index (χ3v) is 3.41. The molecule has 0 aliphatic heterocycles. The summed E-state index contributed by atoms with van der Waals surface area (Å²) >= 11 is 0. The maximum absolute atomic E-state index is 9.05. The van der Waals surface area contributed by atoms with Crippen molar-refractivity contribution in [2.45, 2.75) is 20.1 Å². The SMILES string of the molecule is CCN(CCO)Cc1cccc(COc2ccccc2)c1. The molecule has 112 valence electrons. The van der Waals surface area contributed by atoms with E-state index in [2.05, 4.69) is 36.1 Å². The molecule has 0 saturated heterocycles. The molecular formula is C18H23NO2. The first kappa shape index (κ1) is 15.5. The van der Waals surface area contributed by atoms with Gasteiger partial charge in [0.15, 0.2) is 0 Å². The molecule has 2 rings (SSSR count). The molecule has 0 aliphatic carbocycles. The number of aliphatic hydroxyl groups excluding tert-OH is 1. The standard InChI is InChI=1S/C18H23NO2/c1-2-19(11-12-20)14-16-7-6-8-17(13-16)15-21-18-9-4-3-5-10-18/h3-10,13,20H,2,11-12,14-15H2,1H3. The van der Waals surface area contributed by atoms with Gasteiger partial charge in [-0.1, -0.05) is 49.4 Å². The van der Waals surface area contributed by atoms with Gasteiger partial charge in [0.05, 0.1) is 6.61 Å². The van der Waals surface area contributed by atoms with Crippen molar-refractivity contribution in [3.8, 4) is 5.75 Å². The number of hydrogen-bond donors (Lipinski definition) is 1. The highest BCUT2D eigenvalue weighted by atomic mass is 16.5. The predicted octanol–water partition coefficient (Wildman–Crippen LogP) is 3.08. The highest BCUT2D eigenvalue weighted by Crippen LogP contribution is 2.13. The fourth-order valence-electron chi connectivity index (χ4n) is 2.25. The summed E-state index contributed by atoms with van der Waals surface area (Å²) in [6.45, 7) is 5.38. The summed E-state index contributed by atoms with van der Waals surface area (Å²) in [4.78, 5) is 2.22. The Morgan fingerprint density at radius 2 is 1.76 bits per heavy atom. The van der Waals surface area contributed by atoms with Crippen LogP contribution in [0.2, 0.25) is 0 Å². The van der Waals surface area contributed by atoms with E-state index >= 15 is 0 Å². The number of nitrogens with zero attached hydrogens (tertiary/aromatic N) is 1. The summed E-state index contributed by atoms with van der Waals surface area (Å²) in [5, 5.41) is 9.05. The number of ether oxygens (including phenoxy) is 1. The molecule has 1 N–H and O–H groups in total. The van der Waals surface area contributed by atoms with Crippen molar-refractivity contribution in [3.05, 3.63) is 65.7 Å². The Labute approximate surface area is 126 Å². The third-order valence-electron chi connectivity index (χ3n) is 3.41. The molecule has 3 heteroatoms. The lowest BCUT2D eigenvalue weighted by atomic mass is 10.1. The maximum Gasteiger partial charge on any atom is 0.119 e. The van der Waals surface area contributed by atoms with Crippen LogP contribution in [0.25, 0.3) is 0 Å². The largest absolute Gasteiger partial charge is 0.489 e. The number of hydrogen-bond acceptors (Lipinski definition) is 3. The monoisotopic (exact) mass is 285 g/mol. The second-order valence-corrected chi connectivity index (χ2v) is 5.01. The van der Waals surface area contributed by atoms with E-state index in [9.17, 15) is 0 Å². The molecule has 0 spiro atoms. The molecule has 0 amide bonds. The van der Waals surface area contributed by atoms with Gasteiger partial charge in [0.2, 0.25) is 0 Å². The van der Waals surface area contributed by atoms with Crippen molar-refractivity contribution in [2.75, 3.05) is 19.7 Å². The van der Waals surface area contributed by atoms with E-state index < -0.39 is 0 Å². The van der Waals surface area contributed by atoms with Gasteiger partial charge < -0.3 is 9.84 Å². The number of para-hydroxylation sites is 1. The minimum Gasteiger partial charge on any atom is -0.489 e. The molecule has 0 atom stereocenters. The van der Waals surface area contributed by atoms with Gasteiger partial charge in [-0.05, 0) is 29.8 Å². The number of benzene rings is 2. The van der Waals surface area contributed by atoms with Gasteiger partial charge in [-0.15, -0.1) is 0 Å². The summed E-state index contributed by atoms with van der Waals surface area (Å²) in [6, 6.07) is 18.3. The van der Waals surface area contributed by atoms with Crippen LogP contribution in [0.5, 0.6) is 5.75 Å². The Hall–Kier alpha value is -1.84. The van der Waals surface area contributed by atoms with E-state index in [0.29, 0.717) is 13.2 Å². The lowest BCUT2D eigenvalue weighted by molar-refractivity contribution is 0.196. The summed E-state index contributed by atoms with van der Waals surface area (Å²) in [7, 11) is 0. The summed E-state index contributed by atoms with van der Waals surface area (Å²) < 4.78 is 5.77. The van der Waals surface area contributed by atoms with Crippen LogP contribution in [0.1, 0.15) is 18.1 Å². The average molecular weight is 285 g/mol. The Morgan fingerprint density at radius 3 is 2.48 bits per heavy atom. The molecule has 0 saturated carbocycles. The molecule has 0 heterocycles. The Kier molecular flexibility index (Phi) is 6.25. The summed E-state index contributed by atoms with van der Waals surface area (Å²) in [5.74, 6) is 0.887. The van der Waals surface area contributed by atoms with E-state index in [1.165, 1.54) is 5.56 Å². The maximum atomic E-state index is 9.05. The second-order valence-electron chi connectivity index (χ2n) is 5.01. The first-order valence-corrected chi connectivity index (χ1v) is 7.40. The van der Waals surface area contributed by atoms with Crippen LogP contribution in [-0.4, -0.2) is 29.7 Å². The van der Waals surface area contributed by atoms with E-state index in [1.807, 2.05) is 30.3 Å². The highest BCUT2D eigenvalue weighted by molar-refractivity contribution is 5.25. The molecule has 0 unspecified atom stereocenters. The van der Waals surface area contributed by atoms with E-state index in [0.717, 1.165) is 24.4 Å². The molecule has 21 heavy (non-hydrogen) atoms. The van der Waals surface area contributed by atoms with Gasteiger partial charge in [-0.2, -0.15) is 0 Å². The molecule has 2 aromatic rings. The zero-order valence-electron chi connectivity index (χ0n) is 12.5. The van der Waals surface area contributed by atoms with Gasteiger partial charge in [0.25, 0.3) is 0 Å². The lowest BCUT2D eigenvalue weighted by Crippen LogP contribution is -2.26.